The van der Waals surface area contributed by atoms with Crippen LogP contribution in [0, 0.1) is 12.8 Å². The Morgan fingerprint density at radius 1 is 1.38 bits per heavy atom. The molecule has 0 spiro atoms. The lowest BCUT2D eigenvalue weighted by atomic mass is 10.1. The number of amides is 1. The number of benzene rings is 1. The predicted molar refractivity (Wildman–Crippen MR) is 82.4 cm³/mol. The monoisotopic (exact) mass is 353 g/mol. The van der Waals surface area contributed by atoms with Crippen molar-refractivity contribution in [1.82, 2.24) is 5.32 Å². The van der Waals surface area contributed by atoms with E-state index < -0.39 is 5.97 Å². The molecule has 0 radical (unpaired) electrons. The van der Waals surface area contributed by atoms with Crippen molar-refractivity contribution in [2.45, 2.75) is 20.3 Å². The summed E-state index contributed by atoms with van der Waals surface area (Å²) in [6.45, 7) is 3.98. The summed E-state index contributed by atoms with van der Waals surface area (Å²) < 4.78 is 6.51. The number of halogens is 1. The number of rotatable bonds is 5. The number of fused-ring (bicyclic) bond motifs is 1. The number of furan rings is 1. The molecule has 6 heteroatoms. The summed E-state index contributed by atoms with van der Waals surface area (Å²) in [4.78, 5) is 22.6. The van der Waals surface area contributed by atoms with Crippen LogP contribution in [-0.2, 0) is 4.79 Å². The molecule has 0 fully saturated rings. The molecule has 1 heterocycles. The van der Waals surface area contributed by atoms with Crippen molar-refractivity contribution >= 4 is 38.8 Å². The molecule has 2 rings (SSSR count). The fraction of sp³-hybridized carbons (Fsp3) is 0.333. The highest BCUT2D eigenvalue weighted by Crippen LogP contribution is 2.26. The Morgan fingerprint density at radius 3 is 2.76 bits per heavy atom. The molecule has 2 aromatic rings. The normalized spacial score (nSPS) is 12.3. The zero-order chi connectivity index (χ0) is 15.6. The van der Waals surface area contributed by atoms with Gasteiger partial charge in [-0.2, -0.15) is 0 Å². The van der Waals surface area contributed by atoms with Crippen LogP contribution in [0.15, 0.2) is 27.1 Å². The van der Waals surface area contributed by atoms with E-state index in [0.717, 1.165) is 15.4 Å². The van der Waals surface area contributed by atoms with Crippen molar-refractivity contribution in [2.75, 3.05) is 6.54 Å². The minimum Gasteiger partial charge on any atom is -0.481 e. The Bertz CT molecular complexity index is 692. The number of carbonyl (C=O) groups excluding carboxylic acids is 1. The van der Waals surface area contributed by atoms with E-state index >= 15 is 0 Å². The molecule has 1 amide bonds. The van der Waals surface area contributed by atoms with Crippen LogP contribution < -0.4 is 5.32 Å². The minimum atomic E-state index is -0.874. The van der Waals surface area contributed by atoms with Gasteiger partial charge in [0.15, 0.2) is 5.76 Å². The summed E-state index contributed by atoms with van der Waals surface area (Å²) in [5, 5.41) is 12.2. The van der Waals surface area contributed by atoms with E-state index in [1.165, 1.54) is 0 Å². The Morgan fingerprint density at radius 2 is 2.10 bits per heavy atom. The highest BCUT2D eigenvalue weighted by Gasteiger charge is 2.15. The van der Waals surface area contributed by atoms with Gasteiger partial charge in [0.2, 0.25) is 0 Å². The fourth-order valence-corrected chi connectivity index (χ4v) is 2.71. The van der Waals surface area contributed by atoms with Crippen molar-refractivity contribution in [1.29, 1.82) is 0 Å². The second kappa shape index (κ2) is 6.30. The van der Waals surface area contributed by atoms with E-state index in [9.17, 15) is 9.59 Å². The molecule has 0 bridgehead atoms. The Kier molecular flexibility index (Phi) is 4.67. The second-order valence-electron chi connectivity index (χ2n) is 5.16. The zero-order valence-electron chi connectivity index (χ0n) is 11.8. The molecule has 0 aliphatic carbocycles. The highest BCUT2D eigenvalue weighted by molar-refractivity contribution is 9.10. The maximum atomic E-state index is 12.0. The lowest BCUT2D eigenvalue weighted by Gasteiger charge is -2.08. The summed E-state index contributed by atoms with van der Waals surface area (Å²) in [5.74, 6) is -1.11. The van der Waals surface area contributed by atoms with Crippen LogP contribution in [0.2, 0.25) is 0 Å². The molecule has 21 heavy (non-hydrogen) atoms. The number of hydrogen-bond donors (Lipinski definition) is 2. The third kappa shape index (κ3) is 3.85. The third-order valence-electron chi connectivity index (χ3n) is 3.12. The average Bonchev–Trinajstić information content (AvgIpc) is 2.79. The largest absolute Gasteiger partial charge is 0.481 e. The summed E-state index contributed by atoms with van der Waals surface area (Å²) in [7, 11) is 0. The van der Waals surface area contributed by atoms with Gasteiger partial charge in [-0.15, -0.1) is 0 Å². The van der Waals surface area contributed by atoms with Gasteiger partial charge < -0.3 is 14.8 Å². The average molecular weight is 354 g/mol. The van der Waals surface area contributed by atoms with Gasteiger partial charge >= 0.3 is 5.97 Å². The van der Waals surface area contributed by atoms with Crippen LogP contribution in [0.4, 0.5) is 0 Å². The maximum Gasteiger partial charge on any atom is 0.303 e. The van der Waals surface area contributed by atoms with Gasteiger partial charge in [0.05, 0.1) is 0 Å². The van der Waals surface area contributed by atoms with Crippen molar-refractivity contribution in [3.05, 3.63) is 34.0 Å². The van der Waals surface area contributed by atoms with Crippen LogP contribution in [0.25, 0.3) is 11.0 Å². The third-order valence-corrected chi connectivity index (χ3v) is 3.58. The molecule has 1 atom stereocenters. The number of carbonyl (C=O) groups is 2. The standard InChI is InChI=1S/C15H16BrNO4/c1-8(3-13(18)19)7-17-15(20)12-6-10-5-11(16)4-9(2)14(10)21-12/h4-6,8H,3,7H2,1-2H3,(H,17,20)(H,18,19). The van der Waals surface area contributed by atoms with Crippen molar-refractivity contribution in [3.63, 3.8) is 0 Å². The molecular formula is C15H16BrNO4. The summed E-state index contributed by atoms with van der Waals surface area (Å²) in [6, 6.07) is 5.49. The summed E-state index contributed by atoms with van der Waals surface area (Å²) in [5.41, 5.74) is 1.62. The lowest BCUT2D eigenvalue weighted by molar-refractivity contribution is -0.137. The quantitative estimate of drug-likeness (QED) is 0.863. The number of carboxylic acid groups (broad SMARTS) is 1. The number of carboxylic acids is 1. The highest BCUT2D eigenvalue weighted by atomic mass is 79.9. The molecule has 0 aliphatic rings. The molecule has 1 aromatic heterocycles. The van der Waals surface area contributed by atoms with Gasteiger partial charge in [-0.05, 0) is 36.6 Å². The molecule has 112 valence electrons. The zero-order valence-corrected chi connectivity index (χ0v) is 13.4. The topological polar surface area (TPSA) is 79.5 Å². The molecule has 0 saturated heterocycles. The van der Waals surface area contributed by atoms with E-state index in [1.54, 1.807) is 13.0 Å². The number of aliphatic carboxylic acids is 1. The SMILES string of the molecule is Cc1cc(Br)cc2cc(C(=O)NCC(C)CC(=O)O)oc12. The Hall–Kier alpha value is -1.82. The van der Waals surface area contributed by atoms with E-state index in [1.807, 2.05) is 19.1 Å². The van der Waals surface area contributed by atoms with E-state index in [4.69, 9.17) is 9.52 Å². The first-order chi connectivity index (χ1) is 9.86. The van der Waals surface area contributed by atoms with Crippen LogP contribution in [0.1, 0.15) is 29.5 Å². The molecule has 0 aliphatic heterocycles. The summed E-state index contributed by atoms with van der Waals surface area (Å²) >= 11 is 3.40. The summed E-state index contributed by atoms with van der Waals surface area (Å²) in [6.07, 6.45) is 0.0203. The second-order valence-corrected chi connectivity index (χ2v) is 6.08. The first-order valence-corrected chi connectivity index (χ1v) is 7.36. The van der Waals surface area contributed by atoms with E-state index in [-0.39, 0.29) is 24.0 Å². The van der Waals surface area contributed by atoms with Gasteiger partial charge in [-0.3, -0.25) is 9.59 Å². The van der Waals surface area contributed by atoms with Gasteiger partial charge in [-0.1, -0.05) is 22.9 Å². The van der Waals surface area contributed by atoms with Crippen LogP contribution in [0.3, 0.4) is 0 Å². The predicted octanol–water partition coefficient (Wildman–Crippen LogP) is 3.34. The van der Waals surface area contributed by atoms with E-state index in [0.29, 0.717) is 12.1 Å². The maximum absolute atomic E-state index is 12.0. The molecule has 2 N–H and O–H groups in total. The van der Waals surface area contributed by atoms with Crippen molar-refractivity contribution in [2.24, 2.45) is 5.92 Å². The first kappa shape index (κ1) is 15.6. The molecule has 5 nitrogen and oxygen atoms in total. The van der Waals surface area contributed by atoms with Crippen LogP contribution >= 0.6 is 15.9 Å². The lowest BCUT2D eigenvalue weighted by Crippen LogP contribution is -2.28. The Labute approximate surface area is 130 Å². The molecule has 1 aromatic carbocycles. The van der Waals surface area contributed by atoms with Crippen molar-refractivity contribution < 1.29 is 19.1 Å². The van der Waals surface area contributed by atoms with Gasteiger partial charge in [0.1, 0.15) is 5.58 Å². The number of aryl methyl sites for hydroxylation is 1. The molecule has 0 saturated carbocycles. The Balaban J connectivity index is 2.09. The first-order valence-electron chi connectivity index (χ1n) is 6.56. The fourth-order valence-electron chi connectivity index (χ4n) is 2.12. The van der Waals surface area contributed by atoms with Crippen LogP contribution in [-0.4, -0.2) is 23.5 Å². The minimum absolute atomic E-state index is 0.0203. The van der Waals surface area contributed by atoms with Gasteiger partial charge in [0.25, 0.3) is 5.91 Å². The molecule has 1 unspecified atom stereocenters. The number of nitrogens with one attached hydrogen (secondary N) is 1. The van der Waals surface area contributed by atoms with Crippen LogP contribution in [0.5, 0.6) is 0 Å². The smallest absolute Gasteiger partial charge is 0.303 e. The molecular weight excluding hydrogens is 338 g/mol. The number of hydrogen-bond acceptors (Lipinski definition) is 3. The van der Waals surface area contributed by atoms with E-state index in [2.05, 4.69) is 21.2 Å². The van der Waals surface area contributed by atoms with Gasteiger partial charge in [0, 0.05) is 22.8 Å². The van der Waals surface area contributed by atoms with Gasteiger partial charge in [-0.25, -0.2) is 0 Å². The van der Waals surface area contributed by atoms with Crippen molar-refractivity contribution in [3.8, 4) is 0 Å².